The summed E-state index contributed by atoms with van der Waals surface area (Å²) in [6.07, 6.45) is 4.65. The molecular formula is C20H31N3O3. The van der Waals surface area contributed by atoms with Gasteiger partial charge in [-0.15, -0.1) is 0 Å². The minimum atomic E-state index is -0.287. The first-order valence-corrected chi connectivity index (χ1v) is 9.24. The number of hydrogen-bond donors (Lipinski definition) is 1. The Balaban J connectivity index is 2.12. The van der Waals surface area contributed by atoms with E-state index in [1.165, 1.54) is 7.11 Å². The molecule has 1 aliphatic rings. The van der Waals surface area contributed by atoms with E-state index in [4.69, 9.17) is 4.98 Å². The summed E-state index contributed by atoms with van der Waals surface area (Å²) in [5.74, 6) is 0.490. The number of rotatable bonds is 5. The van der Waals surface area contributed by atoms with Crippen molar-refractivity contribution in [1.82, 2.24) is 15.3 Å². The van der Waals surface area contributed by atoms with Crippen molar-refractivity contribution in [3.05, 3.63) is 23.3 Å². The highest BCUT2D eigenvalue weighted by Gasteiger charge is 2.35. The molecule has 0 aromatic carbocycles. The maximum Gasteiger partial charge on any atom is 0.305 e. The third-order valence-electron chi connectivity index (χ3n) is 4.70. The largest absolute Gasteiger partial charge is 0.469 e. The average Bonchev–Trinajstić information content (AvgIpc) is 2.52. The molecule has 6 heteroatoms. The van der Waals surface area contributed by atoms with Crippen molar-refractivity contribution in [2.24, 2.45) is 5.41 Å². The van der Waals surface area contributed by atoms with Crippen LogP contribution in [0.5, 0.6) is 0 Å². The summed E-state index contributed by atoms with van der Waals surface area (Å²) >= 11 is 0. The van der Waals surface area contributed by atoms with Gasteiger partial charge in [0.15, 0.2) is 0 Å². The van der Waals surface area contributed by atoms with Gasteiger partial charge < -0.3 is 10.1 Å². The number of methoxy groups -OCH3 is 1. The number of aromatic nitrogens is 2. The molecule has 1 N–H and O–H groups in total. The Bertz CT molecular complexity index is 677. The lowest BCUT2D eigenvalue weighted by Crippen LogP contribution is -2.37. The molecule has 6 nitrogen and oxygen atoms in total. The van der Waals surface area contributed by atoms with Crippen LogP contribution in [-0.2, 0) is 26.2 Å². The van der Waals surface area contributed by atoms with E-state index in [1.807, 2.05) is 6.20 Å². The van der Waals surface area contributed by atoms with Gasteiger partial charge in [-0.3, -0.25) is 9.59 Å². The van der Waals surface area contributed by atoms with Crippen molar-refractivity contribution < 1.29 is 14.3 Å². The van der Waals surface area contributed by atoms with Gasteiger partial charge in [0.05, 0.1) is 13.2 Å². The minimum Gasteiger partial charge on any atom is -0.469 e. The van der Waals surface area contributed by atoms with Gasteiger partial charge in [0.1, 0.15) is 5.82 Å². The topological polar surface area (TPSA) is 81.2 Å². The Morgan fingerprint density at radius 3 is 2.62 bits per heavy atom. The summed E-state index contributed by atoms with van der Waals surface area (Å²) in [5.41, 5.74) is 1.99. The van der Waals surface area contributed by atoms with Crippen LogP contribution in [0.1, 0.15) is 83.4 Å². The first kappa shape index (κ1) is 20.3. The van der Waals surface area contributed by atoms with Crippen molar-refractivity contribution >= 4 is 11.9 Å². The first-order valence-electron chi connectivity index (χ1n) is 9.24. The molecule has 0 aliphatic heterocycles. The van der Waals surface area contributed by atoms with Crippen molar-refractivity contribution in [2.75, 3.05) is 7.11 Å². The van der Waals surface area contributed by atoms with Crippen molar-refractivity contribution in [3.8, 4) is 0 Å². The third-order valence-corrected chi connectivity index (χ3v) is 4.70. The van der Waals surface area contributed by atoms with Crippen LogP contribution in [0.25, 0.3) is 0 Å². The van der Waals surface area contributed by atoms with Gasteiger partial charge in [-0.05, 0) is 24.7 Å². The molecule has 0 unspecified atom stereocenters. The molecule has 1 aliphatic carbocycles. The summed E-state index contributed by atoms with van der Waals surface area (Å²) in [4.78, 5) is 32.9. The Kier molecular flexibility index (Phi) is 6.04. The zero-order valence-electron chi connectivity index (χ0n) is 16.8. The lowest BCUT2D eigenvalue weighted by atomic mass is 9.74. The number of carbonyl (C=O) groups is 2. The highest BCUT2D eigenvalue weighted by atomic mass is 16.5. The van der Waals surface area contributed by atoms with Crippen LogP contribution in [0.2, 0.25) is 0 Å². The predicted molar refractivity (Wildman–Crippen MR) is 99.6 cm³/mol. The Hall–Kier alpha value is -1.98. The fourth-order valence-corrected chi connectivity index (χ4v) is 3.30. The molecule has 0 bridgehead atoms. The maximum absolute atomic E-state index is 12.3. The second kappa shape index (κ2) is 7.72. The number of nitrogens with one attached hydrogen (secondary N) is 1. The lowest BCUT2D eigenvalue weighted by molar-refractivity contribution is -0.140. The standard InChI is InChI=1S/C20H31N3O3/c1-19(2,3)18-21-12-13-14(10-20(4,5)11-15(13)23-18)22-16(24)8-7-9-17(25)26-6/h12,14H,7-11H2,1-6H3,(H,22,24)/t14-/m1/s1. The second-order valence-electron chi connectivity index (χ2n) is 8.94. The number of esters is 1. The summed E-state index contributed by atoms with van der Waals surface area (Å²) in [5, 5.41) is 3.11. The molecular weight excluding hydrogens is 330 g/mol. The Morgan fingerprint density at radius 1 is 1.31 bits per heavy atom. The Morgan fingerprint density at radius 2 is 2.00 bits per heavy atom. The van der Waals surface area contributed by atoms with E-state index in [-0.39, 0.29) is 35.2 Å². The number of nitrogens with zero attached hydrogens (tertiary/aromatic N) is 2. The molecule has 0 saturated carbocycles. The molecule has 1 amide bonds. The number of fused-ring (bicyclic) bond motifs is 1. The zero-order chi connectivity index (χ0) is 19.5. The van der Waals surface area contributed by atoms with Crippen LogP contribution in [0.3, 0.4) is 0 Å². The third kappa shape index (κ3) is 5.26. The molecule has 26 heavy (non-hydrogen) atoms. The van der Waals surface area contributed by atoms with E-state index in [1.54, 1.807) is 0 Å². The van der Waals surface area contributed by atoms with Crippen LogP contribution in [0.15, 0.2) is 6.20 Å². The van der Waals surface area contributed by atoms with Gasteiger partial charge in [0, 0.05) is 35.7 Å². The summed E-state index contributed by atoms with van der Waals surface area (Å²) < 4.78 is 4.61. The lowest BCUT2D eigenvalue weighted by Gasteiger charge is -2.37. The van der Waals surface area contributed by atoms with E-state index in [2.05, 4.69) is 49.7 Å². The normalized spacial score (nSPS) is 18.8. The van der Waals surface area contributed by atoms with Crippen LogP contribution in [0.4, 0.5) is 0 Å². The fraction of sp³-hybridized carbons (Fsp3) is 0.700. The predicted octanol–water partition coefficient (Wildman–Crippen LogP) is 3.25. The van der Waals surface area contributed by atoms with Gasteiger partial charge in [-0.2, -0.15) is 0 Å². The molecule has 0 spiro atoms. The molecule has 144 valence electrons. The smallest absolute Gasteiger partial charge is 0.305 e. The van der Waals surface area contributed by atoms with Crippen molar-refractivity contribution in [1.29, 1.82) is 0 Å². The SMILES string of the molecule is COC(=O)CCCC(=O)N[C@@H]1CC(C)(C)Cc2nc(C(C)(C)C)ncc21. The summed E-state index contributed by atoms with van der Waals surface area (Å²) in [7, 11) is 1.36. The van der Waals surface area contributed by atoms with Gasteiger partial charge in [-0.25, -0.2) is 9.97 Å². The van der Waals surface area contributed by atoms with Gasteiger partial charge >= 0.3 is 5.97 Å². The molecule has 2 rings (SSSR count). The minimum absolute atomic E-state index is 0.0533. The molecule has 1 aromatic rings. The highest BCUT2D eigenvalue weighted by molar-refractivity contribution is 5.77. The van der Waals surface area contributed by atoms with Crippen LogP contribution < -0.4 is 5.32 Å². The molecule has 1 heterocycles. The van der Waals surface area contributed by atoms with E-state index in [0.717, 1.165) is 29.9 Å². The number of ether oxygens (including phenoxy) is 1. The van der Waals surface area contributed by atoms with Crippen LogP contribution in [-0.4, -0.2) is 29.0 Å². The van der Waals surface area contributed by atoms with Gasteiger partial charge in [-0.1, -0.05) is 34.6 Å². The number of hydrogen-bond acceptors (Lipinski definition) is 5. The molecule has 0 fully saturated rings. The van der Waals surface area contributed by atoms with Gasteiger partial charge in [0.2, 0.25) is 5.91 Å². The molecule has 1 aromatic heterocycles. The highest BCUT2D eigenvalue weighted by Crippen LogP contribution is 2.40. The van der Waals surface area contributed by atoms with E-state index < -0.39 is 0 Å². The first-order chi connectivity index (χ1) is 12.0. The molecule has 0 saturated heterocycles. The van der Waals surface area contributed by atoms with Crippen molar-refractivity contribution in [3.63, 3.8) is 0 Å². The molecule has 1 atom stereocenters. The quantitative estimate of drug-likeness (QED) is 0.814. The van der Waals surface area contributed by atoms with Crippen LogP contribution in [0, 0.1) is 5.41 Å². The number of amides is 1. The van der Waals surface area contributed by atoms with Crippen LogP contribution >= 0.6 is 0 Å². The second-order valence-corrected chi connectivity index (χ2v) is 8.94. The molecule has 0 radical (unpaired) electrons. The maximum atomic E-state index is 12.3. The van der Waals surface area contributed by atoms with Gasteiger partial charge in [0.25, 0.3) is 0 Å². The van der Waals surface area contributed by atoms with E-state index >= 15 is 0 Å². The average molecular weight is 361 g/mol. The Labute approximate surface area is 156 Å². The van der Waals surface area contributed by atoms with Crippen molar-refractivity contribution in [2.45, 2.75) is 78.2 Å². The number of carbonyl (C=O) groups excluding carboxylic acids is 2. The summed E-state index contributed by atoms with van der Waals surface area (Å²) in [6.45, 7) is 10.7. The van der Waals surface area contributed by atoms with E-state index in [0.29, 0.717) is 12.8 Å². The van der Waals surface area contributed by atoms with E-state index in [9.17, 15) is 9.59 Å². The summed E-state index contributed by atoms with van der Waals surface area (Å²) in [6, 6.07) is -0.0894. The monoisotopic (exact) mass is 361 g/mol. The zero-order valence-corrected chi connectivity index (χ0v) is 16.8. The fourth-order valence-electron chi connectivity index (χ4n) is 3.30.